The molecule has 0 spiro atoms. The van der Waals surface area contributed by atoms with E-state index in [0.717, 1.165) is 50.5 Å². The van der Waals surface area contributed by atoms with Gasteiger partial charge in [0.1, 0.15) is 12.6 Å². The summed E-state index contributed by atoms with van der Waals surface area (Å²) in [5.74, 6) is -0.650. The third-order valence-electron chi connectivity index (χ3n) is 4.89. The number of rotatable bonds is 17. The minimum absolute atomic E-state index is 0.161. The Hall–Kier alpha value is -2.83. The van der Waals surface area contributed by atoms with Gasteiger partial charge in [0.05, 0.1) is 0 Å². The van der Waals surface area contributed by atoms with E-state index in [0.29, 0.717) is 25.8 Å². The number of nitrogens with one attached hydrogen (secondary N) is 2. The molecular formula is C24H37N3O4. The molecule has 3 amide bonds. The number of nitrogens with two attached hydrogens (primary N) is 1. The number of primary amides is 1. The van der Waals surface area contributed by atoms with Crippen LogP contribution in [0, 0.1) is 0 Å². The number of benzene rings is 1. The molecule has 0 fully saturated rings. The van der Waals surface area contributed by atoms with Crippen molar-refractivity contribution in [1.82, 2.24) is 10.6 Å². The van der Waals surface area contributed by atoms with E-state index in [4.69, 9.17) is 10.5 Å². The molecule has 0 unspecified atom stereocenters. The molecule has 1 rings (SSSR count). The monoisotopic (exact) mass is 431 g/mol. The maximum Gasteiger partial charge on any atom is 0.407 e. The molecule has 7 nitrogen and oxygen atoms in total. The van der Waals surface area contributed by atoms with Crippen molar-refractivity contribution in [3.8, 4) is 0 Å². The molecule has 0 heterocycles. The Balaban J connectivity index is 2.06. The van der Waals surface area contributed by atoms with E-state index in [2.05, 4.69) is 17.2 Å². The number of hydrogen-bond donors (Lipinski definition) is 3. The van der Waals surface area contributed by atoms with Crippen LogP contribution < -0.4 is 16.4 Å². The van der Waals surface area contributed by atoms with E-state index in [1.165, 1.54) is 0 Å². The van der Waals surface area contributed by atoms with Crippen molar-refractivity contribution < 1.29 is 19.1 Å². The highest BCUT2D eigenvalue weighted by Crippen LogP contribution is 2.08. The fraction of sp³-hybridized carbons (Fsp3) is 0.542. The first-order chi connectivity index (χ1) is 15.0. The van der Waals surface area contributed by atoms with Crippen LogP contribution in [0.15, 0.2) is 43.0 Å². The molecule has 0 aliphatic carbocycles. The minimum Gasteiger partial charge on any atom is -0.445 e. The zero-order chi connectivity index (χ0) is 22.7. The number of allylic oxidation sites excluding steroid dienone is 1. The predicted molar refractivity (Wildman–Crippen MR) is 122 cm³/mol. The summed E-state index contributed by atoms with van der Waals surface area (Å²) in [6.45, 7) is 4.43. The van der Waals surface area contributed by atoms with Crippen molar-refractivity contribution in [2.75, 3.05) is 6.54 Å². The summed E-state index contributed by atoms with van der Waals surface area (Å²) in [5, 5.41) is 5.44. The molecule has 0 aliphatic heterocycles. The highest BCUT2D eigenvalue weighted by Gasteiger charge is 2.17. The summed E-state index contributed by atoms with van der Waals surface area (Å²) in [5.41, 5.74) is 6.35. The van der Waals surface area contributed by atoms with Gasteiger partial charge in [-0.2, -0.15) is 0 Å². The lowest BCUT2D eigenvalue weighted by Gasteiger charge is -2.15. The molecule has 1 atom stereocenters. The number of carbonyl (C=O) groups excluding carboxylic acids is 3. The van der Waals surface area contributed by atoms with E-state index in [-0.39, 0.29) is 12.5 Å². The predicted octanol–water partition coefficient (Wildman–Crippen LogP) is 3.97. The average molecular weight is 432 g/mol. The largest absolute Gasteiger partial charge is 0.445 e. The van der Waals surface area contributed by atoms with Gasteiger partial charge in [0, 0.05) is 13.0 Å². The number of carbonyl (C=O) groups is 3. The second kappa shape index (κ2) is 16.9. The van der Waals surface area contributed by atoms with E-state index in [9.17, 15) is 14.4 Å². The first kappa shape index (κ1) is 26.2. The quantitative estimate of drug-likeness (QED) is 0.256. The Kier molecular flexibility index (Phi) is 14.3. The molecule has 0 saturated carbocycles. The van der Waals surface area contributed by atoms with Crippen molar-refractivity contribution in [2.24, 2.45) is 5.73 Å². The maximum atomic E-state index is 12.1. The second-order valence-corrected chi connectivity index (χ2v) is 7.60. The van der Waals surface area contributed by atoms with Crippen LogP contribution >= 0.6 is 0 Å². The molecule has 7 heteroatoms. The lowest BCUT2D eigenvalue weighted by atomic mass is 10.1. The second-order valence-electron chi connectivity index (χ2n) is 7.60. The molecule has 31 heavy (non-hydrogen) atoms. The Labute approximate surface area is 185 Å². The Bertz CT molecular complexity index is 664. The van der Waals surface area contributed by atoms with Crippen LogP contribution in [-0.4, -0.2) is 30.5 Å². The third kappa shape index (κ3) is 13.9. The van der Waals surface area contributed by atoms with Crippen molar-refractivity contribution in [1.29, 1.82) is 0 Å². The van der Waals surface area contributed by atoms with Crippen molar-refractivity contribution >= 4 is 17.9 Å². The van der Waals surface area contributed by atoms with Crippen molar-refractivity contribution in [2.45, 2.75) is 76.9 Å². The highest BCUT2D eigenvalue weighted by atomic mass is 16.5. The van der Waals surface area contributed by atoms with Gasteiger partial charge >= 0.3 is 6.09 Å². The molecule has 1 aromatic rings. The summed E-state index contributed by atoms with van der Waals surface area (Å²) < 4.78 is 5.14. The van der Waals surface area contributed by atoms with Crippen LogP contribution in [0.3, 0.4) is 0 Å². The molecule has 4 N–H and O–H groups in total. The lowest BCUT2D eigenvalue weighted by molar-refractivity contribution is -0.127. The van der Waals surface area contributed by atoms with Gasteiger partial charge in [0.25, 0.3) is 0 Å². The summed E-state index contributed by atoms with van der Waals surface area (Å²) in [7, 11) is 0. The molecule has 172 valence electrons. The number of unbranched alkanes of at least 4 members (excludes halogenated alkanes) is 6. The molecular weight excluding hydrogens is 394 g/mol. The number of amides is 3. The van der Waals surface area contributed by atoms with Crippen molar-refractivity contribution in [3.05, 3.63) is 48.6 Å². The van der Waals surface area contributed by atoms with E-state index in [1.54, 1.807) is 0 Å². The molecule has 0 bridgehead atoms. The van der Waals surface area contributed by atoms with Gasteiger partial charge in [-0.15, -0.1) is 6.58 Å². The zero-order valence-electron chi connectivity index (χ0n) is 18.4. The number of alkyl carbamates (subject to hydrolysis) is 1. The average Bonchev–Trinajstić information content (AvgIpc) is 2.76. The zero-order valence-corrected chi connectivity index (χ0v) is 18.4. The molecule has 0 aliphatic rings. The third-order valence-corrected chi connectivity index (χ3v) is 4.89. The first-order valence-corrected chi connectivity index (χ1v) is 11.2. The fourth-order valence-corrected chi connectivity index (χ4v) is 3.09. The van der Waals surface area contributed by atoms with E-state index in [1.807, 2.05) is 36.4 Å². The minimum atomic E-state index is -0.604. The Morgan fingerprint density at radius 1 is 1.00 bits per heavy atom. The van der Waals surface area contributed by atoms with Gasteiger partial charge < -0.3 is 21.1 Å². The lowest BCUT2D eigenvalue weighted by Crippen LogP contribution is -2.44. The Morgan fingerprint density at radius 2 is 1.71 bits per heavy atom. The van der Waals surface area contributed by atoms with Gasteiger partial charge in [-0.05, 0) is 37.7 Å². The summed E-state index contributed by atoms with van der Waals surface area (Å²) in [6, 6.07) is 8.88. The summed E-state index contributed by atoms with van der Waals surface area (Å²) in [4.78, 5) is 35.3. The van der Waals surface area contributed by atoms with Crippen LogP contribution in [0.2, 0.25) is 0 Å². The summed E-state index contributed by atoms with van der Waals surface area (Å²) >= 11 is 0. The van der Waals surface area contributed by atoms with Gasteiger partial charge in [-0.1, -0.05) is 62.1 Å². The normalized spacial score (nSPS) is 11.4. The van der Waals surface area contributed by atoms with Gasteiger partial charge in [-0.3, -0.25) is 9.59 Å². The smallest absolute Gasteiger partial charge is 0.407 e. The van der Waals surface area contributed by atoms with Crippen molar-refractivity contribution in [3.63, 3.8) is 0 Å². The molecule has 1 aromatic carbocycles. The SMILES string of the molecule is C=CCCCCCC[C@H](NC(=O)CCCCCNC(=O)OCc1ccccc1)C(N)=O. The fourth-order valence-electron chi connectivity index (χ4n) is 3.09. The number of ether oxygens (including phenoxy) is 1. The van der Waals surface area contributed by atoms with Crippen LogP contribution in [0.4, 0.5) is 4.79 Å². The van der Waals surface area contributed by atoms with Gasteiger partial charge in [0.15, 0.2) is 0 Å². The topological polar surface area (TPSA) is 111 Å². The van der Waals surface area contributed by atoms with Crippen LogP contribution in [0.1, 0.15) is 69.8 Å². The molecule has 0 saturated heterocycles. The highest BCUT2D eigenvalue weighted by molar-refractivity contribution is 5.86. The maximum absolute atomic E-state index is 12.1. The van der Waals surface area contributed by atoms with Crippen LogP contribution in [0.25, 0.3) is 0 Å². The Morgan fingerprint density at radius 3 is 2.42 bits per heavy atom. The standard InChI is InChI=1S/C24H37N3O4/c1-2-3-4-5-6-11-16-21(23(25)29)27-22(28)17-12-8-13-18-26-24(30)31-19-20-14-9-7-10-15-20/h2,7,9-10,14-15,21H,1,3-6,8,11-13,16-19H2,(H2,25,29)(H,26,30)(H,27,28)/t21-/m0/s1. The molecule has 0 radical (unpaired) electrons. The van der Waals surface area contributed by atoms with Crippen LogP contribution in [-0.2, 0) is 20.9 Å². The van der Waals surface area contributed by atoms with Gasteiger partial charge in [0.2, 0.25) is 11.8 Å². The number of hydrogen-bond acceptors (Lipinski definition) is 4. The van der Waals surface area contributed by atoms with E-state index >= 15 is 0 Å². The van der Waals surface area contributed by atoms with Crippen LogP contribution in [0.5, 0.6) is 0 Å². The van der Waals surface area contributed by atoms with Gasteiger partial charge in [-0.25, -0.2) is 4.79 Å². The molecule has 0 aromatic heterocycles. The van der Waals surface area contributed by atoms with E-state index < -0.39 is 18.0 Å². The summed E-state index contributed by atoms with van der Waals surface area (Å²) in [6.07, 6.45) is 9.62. The first-order valence-electron chi connectivity index (χ1n) is 11.2.